The Hall–Kier alpha value is -8.27. The van der Waals surface area contributed by atoms with Gasteiger partial charge in [-0.2, -0.15) is 5.10 Å². The molecule has 0 radical (unpaired) electrons. The maximum absolute atomic E-state index is 5.48. The van der Waals surface area contributed by atoms with Crippen LogP contribution in [-0.2, 0) is 0 Å². The van der Waals surface area contributed by atoms with E-state index in [0.717, 1.165) is 67.0 Å². The molecule has 11 rings (SSSR count). The van der Waals surface area contributed by atoms with Crippen LogP contribution in [0.3, 0.4) is 0 Å². The zero-order valence-corrected chi connectivity index (χ0v) is 34.0. The number of benzene rings is 9. The van der Waals surface area contributed by atoms with Crippen molar-refractivity contribution in [2.45, 2.75) is 0 Å². The van der Waals surface area contributed by atoms with Crippen LogP contribution in [0.1, 0.15) is 0 Å². The second-order valence-electron chi connectivity index (χ2n) is 15.6. The van der Waals surface area contributed by atoms with Crippen molar-refractivity contribution >= 4 is 33.4 Å². The molecule has 0 saturated heterocycles. The number of aromatic nitrogens is 2. The molecule has 0 saturated carbocycles. The molecule has 0 amide bonds. The number of rotatable bonds is 9. The van der Waals surface area contributed by atoms with Crippen LogP contribution in [-0.4, -0.2) is 9.61 Å². The van der Waals surface area contributed by atoms with Gasteiger partial charge in [0.15, 0.2) is 0 Å². The Kier molecular flexibility index (Phi) is 9.53. The van der Waals surface area contributed by atoms with E-state index in [1.807, 2.05) is 0 Å². The van der Waals surface area contributed by atoms with E-state index >= 15 is 0 Å². The zero-order valence-electron chi connectivity index (χ0n) is 34.0. The summed E-state index contributed by atoms with van der Waals surface area (Å²) in [5, 5.41) is 7.73. The Balaban J connectivity index is 1.13. The Morgan fingerprint density at radius 1 is 0.306 bits per heavy atom. The lowest BCUT2D eigenvalue weighted by Crippen LogP contribution is -2.11. The van der Waals surface area contributed by atoms with E-state index in [1.165, 1.54) is 33.4 Å². The van der Waals surface area contributed by atoms with Crippen LogP contribution < -0.4 is 4.90 Å². The van der Waals surface area contributed by atoms with E-state index in [2.05, 4.69) is 258 Å². The van der Waals surface area contributed by atoms with Gasteiger partial charge in [0.2, 0.25) is 0 Å². The fourth-order valence-electron chi connectivity index (χ4n) is 8.79. The highest BCUT2D eigenvalue weighted by molar-refractivity contribution is 6.13. The first kappa shape index (κ1) is 36.8. The fraction of sp³-hybridized carbons (Fsp3) is 0. The van der Waals surface area contributed by atoms with Crippen LogP contribution in [0.4, 0.5) is 17.1 Å². The molecule has 2 heterocycles. The summed E-state index contributed by atoms with van der Waals surface area (Å²) in [4.78, 5) is 2.40. The van der Waals surface area contributed by atoms with Crippen molar-refractivity contribution < 1.29 is 0 Å². The van der Waals surface area contributed by atoms with Gasteiger partial charge in [0.25, 0.3) is 0 Å². The van der Waals surface area contributed by atoms with Gasteiger partial charge in [-0.25, -0.2) is 4.52 Å². The predicted molar refractivity (Wildman–Crippen MR) is 260 cm³/mol. The Morgan fingerprint density at radius 3 is 1.16 bits per heavy atom. The topological polar surface area (TPSA) is 20.5 Å². The SMILES string of the molecule is c1ccc(-c2ccc(-c3ccc(N(c4ccc(-c5ccccc5)cc4)c4cccc5c4cc(-c4ccccc4)n4nc(-c6ccccc6)c(-c6ccccc6)c54)cc3)cc2)cc1. The standard InChI is InChI=1S/C59H41N3/c1-6-17-42(18-7-1)44-29-31-45(32-30-44)47-35-39-52(40-36-47)61(51-37-33-46(34-38-51)43-19-8-2-9-20-43)55-28-16-27-53-54(55)41-56(48-21-10-3-11-22-48)62-59(53)57(49-23-12-4-13-24-49)58(60-62)50-25-14-5-15-26-50/h1-41H. The van der Waals surface area contributed by atoms with Crippen molar-refractivity contribution in [3.8, 4) is 67.0 Å². The van der Waals surface area contributed by atoms with E-state index < -0.39 is 0 Å². The first-order chi connectivity index (χ1) is 30.8. The average molecular weight is 792 g/mol. The monoisotopic (exact) mass is 791 g/mol. The van der Waals surface area contributed by atoms with E-state index in [4.69, 9.17) is 5.10 Å². The number of fused-ring (bicyclic) bond motifs is 3. The number of nitrogens with zero attached hydrogens (tertiary/aromatic N) is 3. The highest BCUT2D eigenvalue weighted by Gasteiger charge is 2.24. The number of anilines is 3. The van der Waals surface area contributed by atoms with E-state index in [-0.39, 0.29) is 0 Å². The van der Waals surface area contributed by atoms with Gasteiger partial charge in [-0.1, -0.05) is 212 Å². The molecule has 2 aromatic heterocycles. The lowest BCUT2D eigenvalue weighted by Gasteiger charge is -2.28. The van der Waals surface area contributed by atoms with Crippen molar-refractivity contribution in [2.24, 2.45) is 0 Å². The fourth-order valence-corrected chi connectivity index (χ4v) is 8.79. The summed E-state index contributed by atoms with van der Waals surface area (Å²) in [6.45, 7) is 0. The van der Waals surface area contributed by atoms with Gasteiger partial charge >= 0.3 is 0 Å². The first-order valence-electron chi connectivity index (χ1n) is 21.1. The molecule has 0 bridgehead atoms. The lowest BCUT2D eigenvalue weighted by molar-refractivity contribution is 0.979. The molecule has 0 fully saturated rings. The molecule has 0 spiro atoms. The van der Waals surface area contributed by atoms with Crippen molar-refractivity contribution in [1.82, 2.24) is 9.61 Å². The Bertz CT molecular complexity index is 3270. The molecule has 3 nitrogen and oxygen atoms in total. The van der Waals surface area contributed by atoms with E-state index in [9.17, 15) is 0 Å². The minimum Gasteiger partial charge on any atom is -0.310 e. The van der Waals surface area contributed by atoms with Gasteiger partial charge < -0.3 is 4.90 Å². The highest BCUT2D eigenvalue weighted by atomic mass is 15.2. The third-order valence-corrected chi connectivity index (χ3v) is 11.8. The maximum Gasteiger partial charge on any atom is 0.101 e. The van der Waals surface area contributed by atoms with Crippen LogP contribution >= 0.6 is 0 Å². The predicted octanol–water partition coefficient (Wildman–Crippen LogP) is 16.0. The highest BCUT2D eigenvalue weighted by Crippen LogP contribution is 2.46. The summed E-state index contributed by atoms with van der Waals surface area (Å²) in [5.41, 5.74) is 17.8. The van der Waals surface area contributed by atoms with Gasteiger partial charge in [0, 0.05) is 38.8 Å². The van der Waals surface area contributed by atoms with Crippen LogP contribution in [0.15, 0.2) is 249 Å². The van der Waals surface area contributed by atoms with Crippen molar-refractivity contribution in [2.75, 3.05) is 4.90 Å². The lowest BCUT2D eigenvalue weighted by atomic mass is 9.96. The van der Waals surface area contributed by atoms with Crippen LogP contribution in [0, 0.1) is 0 Å². The quantitative estimate of drug-likeness (QED) is 0.145. The molecular formula is C59H41N3. The summed E-state index contributed by atoms with van der Waals surface area (Å²) in [7, 11) is 0. The minimum atomic E-state index is 0.952. The smallest absolute Gasteiger partial charge is 0.101 e. The molecule has 0 aliphatic carbocycles. The van der Waals surface area contributed by atoms with E-state index in [0.29, 0.717) is 0 Å². The van der Waals surface area contributed by atoms with Gasteiger partial charge in [-0.15, -0.1) is 0 Å². The second kappa shape index (κ2) is 16.1. The number of pyridine rings is 1. The average Bonchev–Trinajstić information content (AvgIpc) is 3.77. The second-order valence-corrected chi connectivity index (χ2v) is 15.6. The van der Waals surface area contributed by atoms with Gasteiger partial charge in [0.05, 0.1) is 16.9 Å². The molecule has 0 aliphatic rings. The third kappa shape index (κ3) is 6.82. The first-order valence-corrected chi connectivity index (χ1v) is 21.1. The largest absolute Gasteiger partial charge is 0.310 e. The van der Waals surface area contributed by atoms with Gasteiger partial charge in [-0.3, -0.25) is 0 Å². The zero-order chi connectivity index (χ0) is 41.2. The molecule has 0 unspecified atom stereocenters. The van der Waals surface area contributed by atoms with Gasteiger partial charge in [0.1, 0.15) is 5.69 Å². The summed E-state index contributed by atoms with van der Waals surface area (Å²) in [6.07, 6.45) is 0. The molecule has 0 N–H and O–H groups in total. The molecule has 11 aromatic rings. The maximum atomic E-state index is 5.48. The summed E-state index contributed by atoms with van der Waals surface area (Å²) in [5.74, 6) is 0. The van der Waals surface area contributed by atoms with Crippen LogP contribution in [0.5, 0.6) is 0 Å². The molecule has 292 valence electrons. The summed E-state index contributed by atoms with van der Waals surface area (Å²) in [6, 6.07) is 88.9. The summed E-state index contributed by atoms with van der Waals surface area (Å²) >= 11 is 0. The van der Waals surface area contributed by atoms with Crippen molar-refractivity contribution in [3.05, 3.63) is 249 Å². The van der Waals surface area contributed by atoms with Crippen LogP contribution in [0.25, 0.3) is 83.3 Å². The minimum absolute atomic E-state index is 0.952. The molecule has 9 aromatic carbocycles. The normalized spacial score (nSPS) is 11.2. The molecular weight excluding hydrogens is 751 g/mol. The third-order valence-electron chi connectivity index (χ3n) is 11.8. The molecule has 0 aliphatic heterocycles. The molecule has 62 heavy (non-hydrogen) atoms. The summed E-state index contributed by atoms with van der Waals surface area (Å²) < 4.78 is 2.17. The van der Waals surface area contributed by atoms with E-state index in [1.54, 1.807) is 0 Å². The van der Waals surface area contributed by atoms with Crippen molar-refractivity contribution in [3.63, 3.8) is 0 Å². The molecule has 0 atom stereocenters. The van der Waals surface area contributed by atoms with Crippen molar-refractivity contribution in [1.29, 1.82) is 0 Å². The molecule has 3 heteroatoms. The van der Waals surface area contributed by atoms with Crippen LogP contribution in [0.2, 0.25) is 0 Å². The number of hydrogen-bond acceptors (Lipinski definition) is 2. The van der Waals surface area contributed by atoms with Gasteiger partial charge in [-0.05, 0) is 75.3 Å². The number of hydrogen-bond donors (Lipinski definition) is 0. The Labute approximate surface area is 362 Å². The Morgan fingerprint density at radius 2 is 0.694 bits per heavy atom.